The summed E-state index contributed by atoms with van der Waals surface area (Å²) in [6, 6.07) is 11.8. The first kappa shape index (κ1) is 14.2. The average molecular weight is 327 g/mol. The highest BCUT2D eigenvalue weighted by molar-refractivity contribution is 6.31. The minimum Gasteiger partial charge on any atom is -0.453 e. The Balaban J connectivity index is 2.03. The van der Waals surface area contributed by atoms with E-state index in [1.165, 1.54) is 19.3 Å². The third-order valence-corrected chi connectivity index (χ3v) is 4.38. The molecule has 5 heteroatoms. The molecule has 0 aromatic heterocycles. The van der Waals surface area contributed by atoms with Crippen molar-refractivity contribution in [1.82, 2.24) is 0 Å². The standard InChI is InChI=1S/C18H11ClO4/c1-22-18-13-5-3-2-4-11(13)15(20)9-14(18)17(21)12-8-10(19)6-7-16(12)23-18/h2-9H,1H3. The van der Waals surface area contributed by atoms with E-state index in [1.807, 2.05) is 0 Å². The van der Waals surface area contributed by atoms with Crippen LogP contribution in [0.1, 0.15) is 26.3 Å². The van der Waals surface area contributed by atoms with Gasteiger partial charge in [0.15, 0.2) is 11.6 Å². The van der Waals surface area contributed by atoms with Crippen LogP contribution in [0.5, 0.6) is 5.75 Å². The fourth-order valence-corrected chi connectivity index (χ4v) is 3.26. The van der Waals surface area contributed by atoms with Gasteiger partial charge in [0, 0.05) is 29.3 Å². The predicted octanol–water partition coefficient (Wildman–Crippen LogP) is 3.54. The van der Waals surface area contributed by atoms with Crippen molar-refractivity contribution in [3.05, 3.63) is 75.8 Å². The van der Waals surface area contributed by atoms with Crippen molar-refractivity contribution in [2.45, 2.75) is 5.79 Å². The van der Waals surface area contributed by atoms with Crippen LogP contribution < -0.4 is 4.74 Å². The fraction of sp³-hybridized carbons (Fsp3) is 0.111. The highest BCUT2D eigenvalue weighted by Crippen LogP contribution is 2.47. The molecular formula is C18H11ClO4. The lowest BCUT2D eigenvalue weighted by molar-refractivity contribution is -0.143. The molecule has 2 aromatic carbocycles. The normalized spacial score (nSPS) is 21.7. The number of ether oxygens (including phenoxy) is 2. The van der Waals surface area contributed by atoms with E-state index in [9.17, 15) is 9.59 Å². The van der Waals surface area contributed by atoms with Gasteiger partial charge < -0.3 is 9.47 Å². The highest BCUT2D eigenvalue weighted by atomic mass is 35.5. The second-order valence-electron chi connectivity index (χ2n) is 5.36. The molecule has 1 unspecified atom stereocenters. The molecule has 0 saturated carbocycles. The highest BCUT2D eigenvalue weighted by Gasteiger charge is 2.51. The number of ketones is 2. The minimum atomic E-state index is -1.41. The molecule has 1 heterocycles. The number of fused-ring (bicyclic) bond motifs is 4. The van der Waals surface area contributed by atoms with E-state index < -0.39 is 5.79 Å². The number of carbonyl (C=O) groups excluding carboxylic acids is 2. The summed E-state index contributed by atoms with van der Waals surface area (Å²) in [6.45, 7) is 0. The number of hydrogen-bond donors (Lipinski definition) is 0. The van der Waals surface area contributed by atoms with E-state index in [4.69, 9.17) is 21.1 Å². The van der Waals surface area contributed by atoms with Crippen LogP contribution in [0.4, 0.5) is 0 Å². The summed E-state index contributed by atoms with van der Waals surface area (Å²) in [5.74, 6) is -1.60. The van der Waals surface area contributed by atoms with Crippen molar-refractivity contribution in [1.29, 1.82) is 0 Å². The number of rotatable bonds is 1. The van der Waals surface area contributed by atoms with Gasteiger partial charge in [0.25, 0.3) is 5.79 Å². The minimum absolute atomic E-state index is 0.165. The zero-order valence-electron chi connectivity index (χ0n) is 12.1. The number of halogens is 1. The Morgan fingerprint density at radius 3 is 2.65 bits per heavy atom. The van der Waals surface area contributed by atoms with Crippen LogP contribution in [0.2, 0.25) is 5.02 Å². The van der Waals surface area contributed by atoms with Crippen LogP contribution in [-0.4, -0.2) is 18.7 Å². The van der Waals surface area contributed by atoms with Gasteiger partial charge in [0.05, 0.1) is 11.1 Å². The van der Waals surface area contributed by atoms with E-state index in [2.05, 4.69) is 0 Å². The van der Waals surface area contributed by atoms with Crippen molar-refractivity contribution < 1.29 is 19.1 Å². The molecule has 23 heavy (non-hydrogen) atoms. The van der Waals surface area contributed by atoms with Gasteiger partial charge in [-0.3, -0.25) is 9.59 Å². The Morgan fingerprint density at radius 1 is 1.09 bits per heavy atom. The van der Waals surface area contributed by atoms with Crippen LogP contribution in [0.3, 0.4) is 0 Å². The Kier molecular flexibility index (Phi) is 2.95. The van der Waals surface area contributed by atoms with Crippen molar-refractivity contribution >= 4 is 23.2 Å². The lowest BCUT2D eigenvalue weighted by Crippen LogP contribution is -2.46. The molecule has 0 bridgehead atoms. The summed E-state index contributed by atoms with van der Waals surface area (Å²) in [6.07, 6.45) is 1.29. The summed E-state index contributed by atoms with van der Waals surface area (Å²) in [5.41, 5.74) is 1.48. The number of allylic oxidation sites excluding steroid dienone is 1. The van der Waals surface area contributed by atoms with E-state index >= 15 is 0 Å². The second kappa shape index (κ2) is 4.78. The molecule has 0 spiro atoms. The molecule has 1 aliphatic carbocycles. The largest absolute Gasteiger partial charge is 0.453 e. The smallest absolute Gasteiger partial charge is 0.268 e. The summed E-state index contributed by atoms with van der Waals surface area (Å²) in [7, 11) is 1.45. The molecule has 1 aliphatic heterocycles. The molecule has 0 amide bonds. The molecule has 2 aromatic rings. The third-order valence-electron chi connectivity index (χ3n) is 4.15. The average Bonchev–Trinajstić information content (AvgIpc) is 2.57. The van der Waals surface area contributed by atoms with Gasteiger partial charge in [0.2, 0.25) is 0 Å². The molecule has 4 rings (SSSR count). The number of carbonyl (C=O) groups is 2. The van der Waals surface area contributed by atoms with Crippen molar-refractivity contribution in [2.24, 2.45) is 0 Å². The van der Waals surface area contributed by atoms with Gasteiger partial charge in [-0.05, 0) is 18.2 Å². The molecule has 0 N–H and O–H groups in total. The van der Waals surface area contributed by atoms with Crippen molar-refractivity contribution in [3.8, 4) is 5.75 Å². The van der Waals surface area contributed by atoms with Gasteiger partial charge in [-0.15, -0.1) is 0 Å². The number of Topliss-reactive ketones (excluding diaryl/α,β-unsaturated/α-hetero) is 1. The molecule has 0 radical (unpaired) electrons. The van der Waals surface area contributed by atoms with Crippen LogP contribution in [0.25, 0.3) is 0 Å². The van der Waals surface area contributed by atoms with E-state index in [1.54, 1.807) is 36.4 Å². The van der Waals surface area contributed by atoms with Crippen LogP contribution in [-0.2, 0) is 10.5 Å². The molecule has 2 aliphatic rings. The lowest BCUT2D eigenvalue weighted by atomic mass is 9.80. The van der Waals surface area contributed by atoms with Crippen LogP contribution in [0, 0.1) is 0 Å². The lowest BCUT2D eigenvalue weighted by Gasteiger charge is -2.41. The first-order valence-electron chi connectivity index (χ1n) is 7.01. The molecule has 0 saturated heterocycles. The maximum Gasteiger partial charge on any atom is 0.268 e. The molecule has 4 nitrogen and oxygen atoms in total. The third kappa shape index (κ3) is 1.82. The number of methoxy groups -OCH3 is 1. The Morgan fingerprint density at radius 2 is 1.87 bits per heavy atom. The predicted molar refractivity (Wildman–Crippen MR) is 84.0 cm³/mol. The van der Waals surface area contributed by atoms with Crippen molar-refractivity contribution in [2.75, 3.05) is 7.11 Å². The zero-order chi connectivity index (χ0) is 16.2. The quantitative estimate of drug-likeness (QED) is 0.804. The van der Waals surface area contributed by atoms with Gasteiger partial charge in [0.1, 0.15) is 5.75 Å². The SMILES string of the molecule is COC12Oc3ccc(Cl)cc3C(=O)C1=CC(=O)c1ccccc12. The molecule has 1 atom stereocenters. The monoisotopic (exact) mass is 326 g/mol. The van der Waals surface area contributed by atoms with Gasteiger partial charge >= 0.3 is 0 Å². The molecule has 0 fully saturated rings. The van der Waals surface area contributed by atoms with Crippen molar-refractivity contribution in [3.63, 3.8) is 0 Å². The summed E-state index contributed by atoms with van der Waals surface area (Å²) in [4.78, 5) is 25.2. The molecule has 114 valence electrons. The Bertz CT molecular complexity index is 900. The topological polar surface area (TPSA) is 52.6 Å². The van der Waals surface area contributed by atoms with E-state index in [-0.39, 0.29) is 17.1 Å². The Labute approximate surface area is 137 Å². The second-order valence-corrected chi connectivity index (χ2v) is 5.80. The fourth-order valence-electron chi connectivity index (χ4n) is 3.09. The summed E-state index contributed by atoms with van der Waals surface area (Å²) >= 11 is 5.97. The summed E-state index contributed by atoms with van der Waals surface area (Å²) < 4.78 is 11.7. The van der Waals surface area contributed by atoms with Crippen LogP contribution >= 0.6 is 11.6 Å². The number of benzene rings is 2. The zero-order valence-corrected chi connectivity index (χ0v) is 12.9. The van der Waals surface area contributed by atoms with Gasteiger partial charge in [-0.1, -0.05) is 35.9 Å². The molecular weight excluding hydrogens is 316 g/mol. The van der Waals surface area contributed by atoms with Crippen LogP contribution in [0.15, 0.2) is 54.1 Å². The number of hydrogen-bond acceptors (Lipinski definition) is 4. The first-order chi connectivity index (χ1) is 11.1. The van der Waals surface area contributed by atoms with Gasteiger partial charge in [-0.2, -0.15) is 0 Å². The maximum atomic E-state index is 12.9. The maximum absolute atomic E-state index is 12.9. The summed E-state index contributed by atoms with van der Waals surface area (Å²) in [5, 5.41) is 0.425. The first-order valence-corrected chi connectivity index (χ1v) is 7.39. The van der Waals surface area contributed by atoms with E-state index in [0.717, 1.165) is 0 Å². The van der Waals surface area contributed by atoms with E-state index in [0.29, 0.717) is 27.5 Å². The van der Waals surface area contributed by atoms with Gasteiger partial charge in [-0.25, -0.2) is 0 Å². The Hall–Kier alpha value is -2.43.